The average Bonchev–Trinajstić information content (AvgIpc) is 3.31. The van der Waals surface area contributed by atoms with Gasteiger partial charge in [0.05, 0.1) is 22.5 Å². The number of benzene rings is 4. The van der Waals surface area contributed by atoms with E-state index in [0.717, 1.165) is 44.9 Å². The third kappa shape index (κ3) is 4.04. The third-order valence-electron chi connectivity index (χ3n) is 6.86. The number of aryl methyl sites for hydroxylation is 3. The molecule has 0 N–H and O–H groups in total. The zero-order chi connectivity index (χ0) is 26.4. The molecule has 0 spiro atoms. The number of hydrogen-bond donors (Lipinski definition) is 0. The molecule has 0 atom stereocenters. The van der Waals surface area contributed by atoms with Gasteiger partial charge in [-0.2, -0.15) is 0 Å². The number of halogens is 1. The smallest absolute Gasteiger partial charge is 0.203 e. The van der Waals surface area contributed by atoms with Gasteiger partial charge >= 0.3 is 0 Å². The molecule has 4 aromatic carbocycles. The lowest BCUT2D eigenvalue weighted by molar-refractivity contribution is 0.603. The SMILES string of the molecule is Cc1ccc(-n2c(-c3coc4cc(C)c(Cl)cc4c3=O)nc(-c3ccccc3)c2-c2ccccc2)c(C)c1. The molecule has 0 aliphatic carbocycles. The van der Waals surface area contributed by atoms with E-state index in [2.05, 4.69) is 48.7 Å². The highest BCUT2D eigenvalue weighted by Gasteiger charge is 2.25. The van der Waals surface area contributed by atoms with Crippen LogP contribution in [0.1, 0.15) is 16.7 Å². The van der Waals surface area contributed by atoms with Crippen molar-refractivity contribution in [2.45, 2.75) is 20.8 Å². The van der Waals surface area contributed by atoms with Gasteiger partial charge in [0.15, 0.2) is 5.82 Å². The van der Waals surface area contributed by atoms with Gasteiger partial charge in [-0.1, -0.05) is 90.0 Å². The van der Waals surface area contributed by atoms with Crippen molar-refractivity contribution < 1.29 is 4.42 Å². The second-order valence-corrected chi connectivity index (χ2v) is 9.97. The van der Waals surface area contributed by atoms with Crippen molar-refractivity contribution in [3.05, 3.63) is 129 Å². The topological polar surface area (TPSA) is 48.0 Å². The molecule has 5 heteroatoms. The van der Waals surface area contributed by atoms with E-state index < -0.39 is 0 Å². The van der Waals surface area contributed by atoms with E-state index in [4.69, 9.17) is 21.0 Å². The predicted molar refractivity (Wildman–Crippen MR) is 155 cm³/mol. The van der Waals surface area contributed by atoms with Crippen LogP contribution in [0.4, 0.5) is 0 Å². The molecule has 0 amide bonds. The summed E-state index contributed by atoms with van der Waals surface area (Å²) in [5.41, 5.74) is 8.36. The van der Waals surface area contributed by atoms with Crippen LogP contribution in [0.15, 0.2) is 106 Å². The van der Waals surface area contributed by atoms with Crippen molar-refractivity contribution in [3.8, 4) is 39.6 Å². The quantitative estimate of drug-likeness (QED) is 0.236. The van der Waals surface area contributed by atoms with Crippen molar-refractivity contribution in [3.63, 3.8) is 0 Å². The lowest BCUT2D eigenvalue weighted by Crippen LogP contribution is -2.10. The Kier molecular flexibility index (Phi) is 5.97. The van der Waals surface area contributed by atoms with E-state index >= 15 is 0 Å². The van der Waals surface area contributed by atoms with Gasteiger partial charge in [-0.15, -0.1) is 0 Å². The van der Waals surface area contributed by atoms with Crippen molar-refractivity contribution in [1.82, 2.24) is 9.55 Å². The van der Waals surface area contributed by atoms with Crippen LogP contribution in [0, 0.1) is 20.8 Å². The summed E-state index contributed by atoms with van der Waals surface area (Å²) in [7, 11) is 0. The van der Waals surface area contributed by atoms with Gasteiger partial charge in [-0.05, 0) is 50.1 Å². The Morgan fingerprint density at radius 2 is 1.47 bits per heavy atom. The van der Waals surface area contributed by atoms with Gasteiger partial charge < -0.3 is 4.42 Å². The molecule has 0 aliphatic rings. The van der Waals surface area contributed by atoms with Crippen molar-refractivity contribution in [2.75, 3.05) is 0 Å². The zero-order valence-corrected chi connectivity index (χ0v) is 22.1. The Morgan fingerprint density at radius 3 is 2.16 bits per heavy atom. The minimum absolute atomic E-state index is 0.177. The molecule has 0 saturated heterocycles. The summed E-state index contributed by atoms with van der Waals surface area (Å²) >= 11 is 6.41. The van der Waals surface area contributed by atoms with Crippen molar-refractivity contribution in [2.24, 2.45) is 0 Å². The summed E-state index contributed by atoms with van der Waals surface area (Å²) in [4.78, 5) is 19.1. The van der Waals surface area contributed by atoms with Crippen LogP contribution in [0.2, 0.25) is 5.02 Å². The molecule has 0 bridgehead atoms. The molecule has 0 aliphatic heterocycles. The van der Waals surface area contributed by atoms with Crippen LogP contribution in [-0.2, 0) is 0 Å². The summed E-state index contributed by atoms with van der Waals surface area (Å²) < 4.78 is 8.09. The Morgan fingerprint density at radius 1 is 0.789 bits per heavy atom. The number of hydrogen-bond acceptors (Lipinski definition) is 3. The second kappa shape index (κ2) is 9.47. The molecule has 2 aromatic heterocycles. The van der Waals surface area contributed by atoms with E-state index in [9.17, 15) is 4.79 Å². The van der Waals surface area contributed by atoms with E-state index in [1.165, 1.54) is 6.26 Å². The largest absolute Gasteiger partial charge is 0.463 e. The van der Waals surface area contributed by atoms with Crippen molar-refractivity contribution in [1.29, 1.82) is 0 Å². The maximum atomic E-state index is 13.9. The Hall–Kier alpha value is -4.41. The minimum Gasteiger partial charge on any atom is -0.463 e. The summed E-state index contributed by atoms with van der Waals surface area (Å²) in [5, 5.41) is 0.949. The van der Waals surface area contributed by atoms with Crippen LogP contribution < -0.4 is 5.43 Å². The average molecular weight is 517 g/mol. The van der Waals surface area contributed by atoms with Crippen LogP contribution in [0.5, 0.6) is 0 Å². The molecule has 4 nitrogen and oxygen atoms in total. The molecular weight excluding hydrogens is 492 g/mol. The van der Waals surface area contributed by atoms with E-state index in [1.54, 1.807) is 12.1 Å². The predicted octanol–water partition coefficient (Wildman–Crippen LogP) is 8.56. The van der Waals surface area contributed by atoms with Gasteiger partial charge in [0, 0.05) is 16.1 Å². The highest BCUT2D eigenvalue weighted by atomic mass is 35.5. The standard InChI is InChI=1S/C33H25ClN2O2/c1-20-14-15-28(22(3)16-20)36-31(24-12-8-5-9-13-24)30(23-10-6-4-7-11-23)35-33(36)26-19-38-29-17-21(2)27(34)18-25(29)32(26)37/h4-19H,1-3H3. The second-order valence-electron chi connectivity index (χ2n) is 9.57. The molecule has 0 fully saturated rings. The molecule has 0 unspecified atom stereocenters. The first-order valence-electron chi connectivity index (χ1n) is 12.5. The lowest BCUT2D eigenvalue weighted by Gasteiger charge is -2.16. The summed E-state index contributed by atoms with van der Waals surface area (Å²) in [6.45, 7) is 6.04. The Balaban J connectivity index is 1.76. The van der Waals surface area contributed by atoms with Crippen LogP contribution in [0.25, 0.3) is 50.6 Å². The van der Waals surface area contributed by atoms with Crippen LogP contribution in [-0.4, -0.2) is 9.55 Å². The number of fused-ring (bicyclic) bond motifs is 1. The normalized spacial score (nSPS) is 11.3. The van der Waals surface area contributed by atoms with Gasteiger partial charge in [-0.3, -0.25) is 9.36 Å². The van der Waals surface area contributed by atoms with Gasteiger partial charge in [0.25, 0.3) is 0 Å². The molecule has 6 rings (SSSR count). The first-order chi connectivity index (χ1) is 18.4. The molecule has 186 valence electrons. The van der Waals surface area contributed by atoms with Crippen LogP contribution in [0.3, 0.4) is 0 Å². The Bertz CT molecular complexity index is 1870. The van der Waals surface area contributed by atoms with E-state index in [-0.39, 0.29) is 5.43 Å². The fourth-order valence-corrected chi connectivity index (χ4v) is 5.12. The zero-order valence-electron chi connectivity index (χ0n) is 21.3. The van der Waals surface area contributed by atoms with Gasteiger partial charge in [-0.25, -0.2) is 4.98 Å². The molecule has 38 heavy (non-hydrogen) atoms. The van der Waals surface area contributed by atoms with Crippen molar-refractivity contribution >= 4 is 22.6 Å². The molecular formula is C33H25ClN2O2. The molecule has 2 heterocycles. The van der Waals surface area contributed by atoms with E-state index in [1.807, 2.05) is 55.5 Å². The fraction of sp³-hybridized carbons (Fsp3) is 0.0909. The molecule has 0 saturated carbocycles. The Labute approximate surface area is 225 Å². The number of imidazole rings is 1. The molecule has 0 radical (unpaired) electrons. The number of nitrogens with zero attached hydrogens (tertiary/aromatic N) is 2. The van der Waals surface area contributed by atoms with Crippen LogP contribution >= 0.6 is 11.6 Å². The maximum absolute atomic E-state index is 13.9. The summed E-state index contributed by atoms with van der Waals surface area (Å²) in [5.74, 6) is 0.516. The van der Waals surface area contributed by atoms with Gasteiger partial charge in [0.2, 0.25) is 5.43 Å². The minimum atomic E-state index is -0.177. The highest BCUT2D eigenvalue weighted by molar-refractivity contribution is 6.32. The monoisotopic (exact) mass is 516 g/mol. The fourth-order valence-electron chi connectivity index (χ4n) is 4.96. The van der Waals surface area contributed by atoms with E-state index in [0.29, 0.717) is 27.4 Å². The summed E-state index contributed by atoms with van der Waals surface area (Å²) in [6.07, 6.45) is 1.52. The highest BCUT2D eigenvalue weighted by Crippen LogP contribution is 2.39. The number of rotatable bonds is 4. The molecule has 6 aromatic rings. The first kappa shape index (κ1) is 24.0. The third-order valence-corrected chi connectivity index (χ3v) is 7.27. The first-order valence-corrected chi connectivity index (χ1v) is 12.8. The van der Waals surface area contributed by atoms with Gasteiger partial charge in [0.1, 0.15) is 17.4 Å². The lowest BCUT2D eigenvalue weighted by atomic mass is 10.0. The maximum Gasteiger partial charge on any atom is 0.203 e. The summed E-state index contributed by atoms with van der Waals surface area (Å²) in [6, 6.07) is 30.0. The number of aromatic nitrogens is 2.